The summed E-state index contributed by atoms with van der Waals surface area (Å²) in [6, 6.07) is 0. The molecule has 0 radical (unpaired) electrons. The molecule has 0 bridgehead atoms. The quantitative estimate of drug-likeness (QED) is 0.722. The van der Waals surface area contributed by atoms with Gasteiger partial charge in [0.05, 0.1) is 0 Å². The summed E-state index contributed by atoms with van der Waals surface area (Å²) in [5.74, 6) is 0. The van der Waals surface area contributed by atoms with Gasteiger partial charge in [-0.05, 0) is 0 Å². The zero-order valence-electron chi connectivity index (χ0n) is 5.84. The van der Waals surface area contributed by atoms with E-state index in [2.05, 4.69) is 19.8 Å². The average Bonchev–Trinajstić information content (AvgIpc) is 1.69. The fraction of sp³-hybridized carbons (Fsp3) is 1.00. The van der Waals surface area contributed by atoms with E-state index in [0.717, 1.165) is 4.31 Å². The molecule has 0 aliphatic heterocycles. The maximum absolute atomic E-state index is 2.54. The van der Waals surface area contributed by atoms with E-state index in [4.69, 9.17) is 0 Å². The van der Waals surface area contributed by atoms with Gasteiger partial charge in [-0.15, -0.1) is 0 Å². The summed E-state index contributed by atoms with van der Waals surface area (Å²) in [6.07, 6.45) is 7.39. The molecule has 1 rings (SSSR count). The molecule has 3 heteroatoms. The van der Waals surface area contributed by atoms with Crippen LogP contribution in [0.4, 0.5) is 0 Å². The molecule has 0 aromatic rings. The van der Waals surface area contributed by atoms with Crippen LogP contribution in [0.3, 0.4) is 0 Å². The van der Waals surface area contributed by atoms with Crippen molar-refractivity contribution in [2.24, 2.45) is 0 Å². The normalized spacial score (nSPS) is 19.8. The first kappa shape index (κ1) is 12.3. The first-order chi connectivity index (χ1) is 3.39. The second-order valence-corrected chi connectivity index (χ2v) is 4.04. The van der Waals surface area contributed by atoms with Gasteiger partial charge in [0, 0.05) is 0 Å². The van der Waals surface area contributed by atoms with E-state index in [1.807, 2.05) is 0 Å². The predicted molar refractivity (Wildman–Crippen MR) is 36.9 cm³/mol. The summed E-state index contributed by atoms with van der Waals surface area (Å²) in [7, 11) is 0. The van der Waals surface area contributed by atoms with E-state index in [9.17, 15) is 0 Å². The van der Waals surface area contributed by atoms with Crippen molar-refractivity contribution in [3.63, 3.8) is 0 Å². The minimum absolute atomic E-state index is 0. The fourth-order valence-electron chi connectivity index (χ4n) is 1.03. The Morgan fingerprint density at radius 1 is 0.889 bits per heavy atom. The molecule has 0 unspecified atom stereocenters. The molecule has 1 aliphatic rings. The van der Waals surface area contributed by atoms with Crippen LogP contribution in [0.1, 0.15) is 32.1 Å². The predicted octanol–water partition coefficient (Wildman–Crippen LogP) is 2.61. The zero-order valence-corrected chi connectivity index (χ0v) is 8.12. The van der Waals surface area contributed by atoms with Gasteiger partial charge < -0.3 is 12.3 Å². The number of hydrogen-bond acceptors (Lipinski definition) is 2. The second-order valence-electron chi connectivity index (χ2n) is 2.18. The Morgan fingerprint density at radius 2 is 1.33 bits per heavy atom. The summed E-state index contributed by atoms with van der Waals surface area (Å²) < 4.78 is 1.01. The first-order valence-corrected chi connectivity index (χ1v) is 4.31. The van der Waals surface area contributed by atoms with Crippen LogP contribution in [0.15, 0.2) is 0 Å². The summed E-state index contributed by atoms with van der Waals surface area (Å²) in [5, 5.41) is 0. The molecule has 0 aromatic carbocycles. The summed E-state index contributed by atoms with van der Waals surface area (Å²) in [5.41, 5.74) is 0. The van der Waals surface area contributed by atoms with Crippen molar-refractivity contribution in [2.45, 2.75) is 36.4 Å². The van der Waals surface area contributed by atoms with Crippen LogP contribution in [0.5, 0.6) is 0 Å². The van der Waals surface area contributed by atoms with Crippen molar-refractivity contribution in [3.05, 3.63) is 0 Å². The van der Waals surface area contributed by atoms with Crippen LogP contribution >= 0.6 is 0 Å². The van der Waals surface area contributed by atoms with E-state index in [1.165, 1.54) is 32.1 Å². The summed E-state index contributed by atoms with van der Waals surface area (Å²) >= 11 is 2.54. The van der Waals surface area contributed by atoms with Crippen LogP contribution in [0.2, 0.25) is 4.31 Å². The number of hydrogen-bond donors (Lipinski definition) is 2. The van der Waals surface area contributed by atoms with E-state index in [0.29, 0.717) is 0 Å². The van der Waals surface area contributed by atoms with Gasteiger partial charge in [0.25, 0.3) is 0 Å². The molecular formula is C6H17N2Pt. The SMILES string of the molecule is N.N.[Pt][CH]1CCCCC1. The minimum atomic E-state index is 0. The van der Waals surface area contributed by atoms with Crippen molar-refractivity contribution < 1.29 is 19.8 Å². The Bertz CT molecular complexity index is 53.0. The molecule has 0 spiro atoms. The molecule has 6 N–H and O–H groups in total. The van der Waals surface area contributed by atoms with E-state index >= 15 is 0 Å². The fourth-order valence-corrected chi connectivity index (χ4v) is 1.96. The van der Waals surface area contributed by atoms with Gasteiger partial charge in [-0.1, -0.05) is 0 Å². The molecule has 0 atom stereocenters. The molecule has 0 heterocycles. The Kier molecular flexibility index (Phi) is 9.19. The number of rotatable bonds is 0. The molecular weight excluding hydrogens is 295 g/mol. The van der Waals surface area contributed by atoms with Gasteiger partial charge in [-0.2, -0.15) is 0 Å². The molecule has 1 saturated carbocycles. The molecule has 9 heavy (non-hydrogen) atoms. The van der Waals surface area contributed by atoms with Gasteiger partial charge in [-0.25, -0.2) is 0 Å². The van der Waals surface area contributed by atoms with Crippen molar-refractivity contribution in [2.75, 3.05) is 0 Å². The molecule has 0 amide bonds. The Balaban J connectivity index is 0. The zero-order chi connectivity index (χ0) is 5.11. The van der Waals surface area contributed by atoms with Crippen molar-refractivity contribution in [3.8, 4) is 0 Å². The van der Waals surface area contributed by atoms with Crippen molar-refractivity contribution in [1.82, 2.24) is 12.3 Å². The van der Waals surface area contributed by atoms with Crippen LogP contribution in [0.25, 0.3) is 0 Å². The monoisotopic (exact) mass is 312 g/mol. The second kappa shape index (κ2) is 6.72. The Hall–Kier alpha value is 0.608. The van der Waals surface area contributed by atoms with E-state index < -0.39 is 0 Å². The van der Waals surface area contributed by atoms with Crippen LogP contribution < -0.4 is 12.3 Å². The van der Waals surface area contributed by atoms with Crippen molar-refractivity contribution in [1.29, 1.82) is 0 Å². The van der Waals surface area contributed by atoms with E-state index in [-0.39, 0.29) is 12.3 Å². The topological polar surface area (TPSA) is 70.0 Å². The van der Waals surface area contributed by atoms with E-state index in [1.54, 1.807) is 0 Å². The maximum atomic E-state index is 2.54. The van der Waals surface area contributed by atoms with Gasteiger partial charge in [0.15, 0.2) is 0 Å². The molecule has 0 saturated heterocycles. The summed E-state index contributed by atoms with van der Waals surface area (Å²) in [4.78, 5) is 0. The van der Waals surface area contributed by atoms with Gasteiger partial charge in [0.2, 0.25) is 0 Å². The van der Waals surface area contributed by atoms with Crippen LogP contribution in [-0.2, 0) is 19.8 Å². The Morgan fingerprint density at radius 3 is 1.56 bits per heavy atom. The van der Waals surface area contributed by atoms with Crippen molar-refractivity contribution >= 4 is 0 Å². The average molecular weight is 312 g/mol. The first-order valence-electron chi connectivity index (χ1n) is 3.00. The molecule has 2 nitrogen and oxygen atoms in total. The molecule has 1 fully saturated rings. The third-order valence-electron chi connectivity index (χ3n) is 1.50. The Labute approximate surface area is 68.9 Å². The standard InChI is InChI=1S/C6H11.2H3N.Pt/c1-2-4-6-5-3-1;;;/h1H,2-6H2;2*1H3;. The third kappa shape index (κ3) is 5.07. The third-order valence-corrected chi connectivity index (χ3v) is 2.81. The van der Waals surface area contributed by atoms with Crippen LogP contribution in [0, 0.1) is 0 Å². The molecule has 0 aromatic heterocycles. The molecule has 61 valence electrons. The van der Waals surface area contributed by atoms with Gasteiger partial charge >= 0.3 is 56.2 Å². The van der Waals surface area contributed by atoms with Gasteiger partial charge in [-0.3, -0.25) is 0 Å². The van der Waals surface area contributed by atoms with Gasteiger partial charge in [0.1, 0.15) is 0 Å². The van der Waals surface area contributed by atoms with Crippen LogP contribution in [-0.4, -0.2) is 0 Å². The molecule has 1 aliphatic carbocycles. The summed E-state index contributed by atoms with van der Waals surface area (Å²) in [6.45, 7) is 0.